The summed E-state index contributed by atoms with van der Waals surface area (Å²) in [6, 6.07) is 5.80. The molecule has 1 atom stereocenters. The van der Waals surface area contributed by atoms with E-state index >= 15 is 0 Å². The number of carboxylic acids is 1. The Morgan fingerprint density at radius 3 is 2.14 bits per heavy atom. The average Bonchev–Trinajstić information content (AvgIpc) is 3.38. The highest BCUT2D eigenvalue weighted by molar-refractivity contribution is 5.96. The number of amides is 3. The molecule has 14 nitrogen and oxygen atoms in total. The summed E-state index contributed by atoms with van der Waals surface area (Å²) in [5, 5.41) is 16.2. The molecule has 2 aromatic rings. The zero-order valence-electron chi connectivity index (χ0n) is 24.3. The van der Waals surface area contributed by atoms with Crippen molar-refractivity contribution in [3.05, 3.63) is 41.1 Å². The molecule has 0 bridgehead atoms. The Bertz CT molecular complexity index is 1280. The van der Waals surface area contributed by atoms with E-state index in [0.29, 0.717) is 5.69 Å². The van der Waals surface area contributed by atoms with Crippen molar-refractivity contribution in [2.45, 2.75) is 46.6 Å². The van der Waals surface area contributed by atoms with E-state index in [1.807, 2.05) is 32.0 Å². The van der Waals surface area contributed by atoms with Gasteiger partial charge in [0.15, 0.2) is 12.3 Å². The third kappa shape index (κ3) is 8.69. The zero-order valence-corrected chi connectivity index (χ0v) is 24.3. The minimum absolute atomic E-state index is 0.0988. The highest BCUT2D eigenvalue weighted by atomic mass is 16.6. The Kier molecular flexibility index (Phi) is 11.3. The van der Waals surface area contributed by atoms with Crippen molar-refractivity contribution in [3.8, 4) is 11.6 Å². The first kappa shape index (κ1) is 31.9. The summed E-state index contributed by atoms with van der Waals surface area (Å²) in [6.45, 7) is 8.05. The van der Waals surface area contributed by atoms with Crippen LogP contribution in [0.25, 0.3) is 5.69 Å². The molecular formula is C28H37N5O9. The van der Waals surface area contributed by atoms with Crippen molar-refractivity contribution in [1.82, 2.24) is 24.9 Å². The number of rotatable bonds is 12. The highest BCUT2D eigenvalue weighted by Gasteiger charge is 2.31. The van der Waals surface area contributed by atoms with Gasteiger partial charge in [0.25, 0.3) is 5.91 Å². The topological polar surface area (TPSA) is 170 Å². The normalized spacial score (nSPS) is 13.7. The number of carbonyl (C=O) groups excluding carboxylic acids is 4. The number of esters is 1. The molecule has 1 unspecified atom stereocenters. The first-order valence-corrected chi connectivity index (χ1v) is 13.7. The number of ether oxygens (including phenoxy) is 3. The summed E-state index contributed by atoms with van der Waals surface area (Å²) < 4.78 is 16.9. The molecule has 1 saturated heterocycles. The summed E-state index contributed by atoms with van der Waals surface area (Å²) in [5.41, 5.74) is 2.35. The lowest BCUT2D eigenvalue weighted by Crippen LogP contribution is -2.56. The molecule has 1 aliphatic rings. The van der Waals surface area contributed by atoms with Crippen molar-refractivity contribution in [1.29, 1.82) is 0 Å². The van der Waals surface area contributed by atoms with Gasteiger partial charge in [-0.15, -0.1) is 0 Å². The lowest BCUT2D eigenvalue weighted by atomic mass is 10.1. The molecule has 42 heavy (non-hydrogen) atoms. The van der Waals surface area contributed by atoms with Crippen LogP contribution in [0.1, 0.15) is 48.3 Å². The first-order chi connectivity index (χ1) is 20.0. The Morgan fingerprint density at radius 2 is 1.55 bits per heavy atom. The molecule has 1 aliphatic heterocycles. The van der Waals surface area contributed by atoms with Crippen molar-refractivity contribution in [3.63, 3.8) is 0 Å². The van der Waals surface area contributed by atoms with Gasteiger partial charge in [0.2, 0.25) is 11.8 Å². The van der Waals surface area contributed by atoms with Crippen LogP contribution in [0, 0.1) is 13.8 Å². The molecule has 2 N–H and O–H groups in total. The number of benzene rings is 1. The maximum absolute atomic E-state index is 13.4. The van der Waals surface area contributed by atoms with Crippen LogP contribution in [0.5, 0.6) is 5.88 Å². The molecule has 228 valence electrons. The second kappa shape index (κ2) is 14.8. The molecule has 3 rings (SSSR count). The van der Waals surface area contributed by atoms with Gasteiger partial charge in [-0.3, -0.25) is 14.4 Å². The maximum atomic E-state index is 13.4. The largest absolute Gasteiger partial charge is 0.481 e. The quantitative estimate of drug-likeness (QED) is 0.349. The molecule has 0 saturated carbocycles. The van der Waals surface area contributed by atoms with Crippen molar-refractivity contribution >= 4 is 29.8 Å². The van der Waals surface area contributed by atoms with Gasteiger partial charge in [-0.05, 0) is 57.4 Å². The fourth-order valence-corrected chi connectivity index (χ4v) is 4.47. The predicted octanol–water partition coefficient (Wildman–Crippen LogP) is 1.69. The maximum Gasteiger partial charge on any atom is 0.409 e. The van der Waals surface area contributed by atoms with Gasteiger partial charge in [-0.25, -0.2) is 14.3 Å². The third-order valence-corrected chi connectivity index (χ3v) is 6.37. The number of aryl methyl sites for hydroxylation is 2. The van der Waals surface area contributed by atoms with E-state index in [1.54, 1.807) is 13.8 Å². The summed E-state index contributed by atoms with van der Waals surface area (Å²) in [7, 11) is 0. The highest BCUT2D eigenvalue weighted by Crippen LogP contribution is 2.22. The standard InChI is InChI=1S/C28H37N5O9/c1-5-40-25(36)17-42-23-16-22(30-33(23)20-14-18(3)13-19(4)15-20)26(37)29-21(7-8-24(34)35)27(38)31-9-11-32(12-10-31)28(39)41-6-2/h13-16,21H,5-12,17H2,1-4H3,(H,29,37)(H,34,35). The van der Waals surface area contributed by atoms with Crippen LogP contribution in [0.15, 0.2) is 24.3 Å². The van der Waals surface area contributed by atoms with E-state index in [-0.39, 0.29) is 63.8 Å². The number of aromatic nitrogens is 2. The SMILES string of the molecule is CCOC(=O)COc1cc(C(=O)NC(CCC(=O)O)C(=O)N2CCN(C(=O)OCC)CC2)nn1-c1cc(C)cc(C)c1. The fraction of sp³-hybridized carbons (Fsp3) is 0.500. The fourth-order valence-electron chi connectivity index (χ4n) is 4.47. The smallest absolute Gasteiger partial charge is 0.409 e. The second-order valence-corrected chi connectivity index (χ2v) is 9.69. The Hall–Kier alpha value is -4.62. The van der Waals surface area contributed by atoms with Gasteiger partial charge in [-0.1, -0.05) is 6.07 Å². The minimum atomic E-state index is -1.15. The summed E-state index contributed by atoms with van der Waals surface area (Å²) in [5.74, 6) is -2.82. The van der Waals surface area contributed by atoms with Crippen LogP contribution < -0.4 is 10.1 Å². The number of carbonyl (C=O) groups is 5. The summed E-state index contributed by atoms with van der Waals surface area (Å²) in [6.07, 6.45) is -0.979. The Labute approximate surface area is 243 Å². The van der Waals surface area contributed by atoms with Crippen LogP contribution in [-0.4, -0.2) is 107 Å². The molecule has 0 spiro atoms. The Morgan fingerprint density at radius 1 is 0.929 bits per heavy atom. The predicted molar refractivity (Wildman–Crippen MR) is 148 cm³/mol. The third-order valence-electron chi connectivity index (χ3n) is 6.37. The van der Waals surface area contributed by atoms with Crippen molar-refractivity contribution < 1.29 is 43.3 Å². The first-order valence-electron chi connectivity index (χ1n) is 13.7. The van der Waals surface area contributed by atoms with E-state index in [0.717, 1.165) is 11.1 Å². The Balaban J connectivity index is 1.82. The van der Waals surface area contributed by atoms with Gasteiger partial charge in [0, 0.05) is 38.7 Å². The van der Waals surface area contributed by atoms with Gasteiger partial charge in [-0.2, -0.15) is 5.10 Å². The summed E-state index contributed by atoms with van der Waals surface area (Å²) in [4.78, 5) is 64.9. The lowest BCUT2D eigenvalue weighted by molar-refractivity contribution is -0.145. The van der Waals surface area contributed by atoms with Crippen LogP contribution in [0.2, 0.25) is 0 Å². The molecular weight excluding hydrogens is 550 g/mol. The van der Waals surface area contributed by atoms with E-state index in [2.05, 4.69) is 10.4 Å². The number of nitrogens with one attached hydrogen (secondary N) is 1. The zero-order chi connectivity index (χ0) is 30.8. The van der Waals surface area contributed by atoms with Gasteiger partial charge < -0.3 is 34.4 Å². The van der Waals surface area contributed by atoms with Crippen LogP contribution in [0.4, 0.5) is 4.79 Å². The van der Waals surface area contributed by atoms with Crippen LogP contribution in [0.3, 0.4) is 0 Å². The monoisotopic (exact) mass is 587 g/mol. The number of piperazine rings is 1. The molecule has 2 heterocycles. The molecule has 14 heteroatoms. The number of carboxylic acid groups (broad SMARTS) is 1. The summed E-state index contributed by atoms with van der Waals surface area (Å²) >= 11 is 0. The van der Waals surface area contributed by atoms with E-state index in [4.69, 9.17) is 14.2 Å². The second-order valence-electron chi connectivity index (χ2n) is 9.69. The number of aliphatic carboxylic acids is 1. The molecule has 0 aliphatic carbocycles. The van der Waals surface area contributed by atoms with E-state index in [1.165, 1.54) is 20.5 Å². The number of hydrogen-bond acceptors (Lipinski definition) is 9. The van der Waals surface area contributed by atoms with Crippen molar-refractivity contribution in [2.24, 2.45) is 0 Å². The average molecular weight is 588 g/mol. The van der Waals surface area contributed by atoms with Crippen molar-refractivity contribution in [2.75, 3.05) is 46.0 Å². The van der Waals surface area contributed by atoms with Gasteiger partial charge in [0.1, 0.15) is 6.04 Å². The molecule has 1 fully saturated rings. The molecule has 1 aromatic carbocycles. The number of nitrogens with zero attached hydrogens (tertiary/aromatic N) is 4. The van der Waals surface area contributed by atoms with Crippen LogP contribution in [-0.2, 0) is 23.9 Å². The van der Waals surface area contributed by atoms with E-state index in [9.17, 15) is 29.1 Å². The van der Waals surface area contributed by atoms with E-state index < -0.39 is 42.5 Å². The molecule has 0 radical (unpaired) electrons. The lowest BCUT2D eigenvalue weighted by Gasteiger charge is -2.35. The number of hydrogen-bond donors (Lipinski definition) is 2. The minimum Gasteiger partial charge on any atom is -0.481 e. The molecule has 1 aromatic heterocycles. The van der Waals surface area contributed by atoms with Gasteiger partial charge in [0.05, 0.1) is 18.9 Å². The molecule has 3 amide bonds. The van der Waals surface area contributed by atoms with Crippen LogP contribution >= 0.6 is 0 Å². The van der Waals surface area contributed by atoms with Gasteiger partial charge >= 0.3 is 18.0 Å².